The fourth-order valence-corrected chi connectivity index (χ4v) is 2.41. The number of carbonyl (C=O) groups excluding carboxylic acids is 1. The van der Waals surface area contributed by atoms with Crippen molar-refractivity contribution in [3.63, 3.8) is 0 Å². The highest BCUT2D eigenvalue weighted by Gasteiger charge is 2.37. The number of hydrogen-bond acceptors (Lipinski definition) is 3. The molecule has 0 heterocycles. The zero-order valence-corrected chi connectivity index (χ0v) is 10.1. The van der Waals surface area contributed by atoms with Gasteiger partial charge in [0.2, 0.25) is 5.91 Å². The lowest BCUT2D eigenvalue weighted by atomic mass is 9.95. The maximum absolute atomic E-state index is 11.7. The zero-order chi connectivity index (χ0) is 12.1. The van der Waals surface area contributed by atoms with E-state index in [1.807, 2.05) is 0 Å². The van der Waals surface area contributed by atoms with Crippen LogP contribution in [-0.2, 0) is 20.4 Å². The monoisotopic (exact) mass is 247 g/mol. The molecule has 1 aliphatic carbocycles. The van der Waals surface area contributed by atoms with Crippen molar-refractivity contribution in [3.05, 3.63) is 0 Å². The fourth-order valence-electron chi connectivity index (χ4n) is 2.02. The third kappa shape index (κ3) is 3.59. The molecule has 1 fully saturated rings. The van der Waals surface area contributed by atoms with Gasteiger partial charge in [-0.05, 0) is 12.8 Å². The number of nitrogens with one attached hydrogen (secondary N) is 1. The van der Waals surface area contributed by atoms with E-state index in [0.717, 1.165) is 6.42 Å². The summed E-state index contributed by atoms with van der Waals surface area (Å²) < 4.78 is 10.8. The van der Waals surface area contributed by atoms with Crippen LogP contribution >= 0.6 is 0 Å². The minimum Gasteiger partial charge on any atom is -0.481 e. The number of carbonyl (C=O) groups is 2. The van der Waals surface area contributed by atoms with Gasteiger partial charge in [0.25, 0.3) is 0 Å². The number of amides is 1. The first-order valence-electron chi connectivity index (χ1n) is 5.33. The predicted molar refractivity (Wildman–Crippen MR) is 60.4 cm³/mol. The van der Waals surface area contributed by atoms with Crippen molar-refractivity contribution in [2.45, 2.75) is 19.3 Å². The Morgan fingerprint density at radius 2 is 2.00 bits per heavy atom. The molecule has 0 aromatic rings. The smallest absolute Gasteiger partial charge is 0.307 e. The molecule has 0 aromatic heterocycles. The van der Waals surface area contributed by atoms with Crippen LogP contribution < -0.4 is 5.32 Å². The largest absolute Gasteiger partial charge is 0.481 e. The van der Waals surface area contributed by atoms with Gasteiger partial charge in [-0.1, -0.05) is 6.42 Å². The van der Waals surface area contributed by atoms with E-state index in [1.165, 1.54) is 0 Å². The van der Waals surface area contributed by atoms with E-state index in [2.05, 4.69) is 5.32 Å². The van der Waals surface area contributed by atoms with Crippen molar-refractivity contribution >= 4 is 22.7 Å². The summed E-state index contributed by atoms with van der Waals surface area (Å²) in [6, 6.07) is 0. The lowest BCUT2D eigenvalue weighted by molar-refractivity contribution is -0.146. The first-order valence-corrected chi connectivity index (χ1v) is 7.05. The molecule has 0 saturated heterocycles. The molecule has 6 heteroatoms. The van der Waals surface area contributed by atoms with Crippen LogP contribution in [0.5, 0.6) is 0 Å². The van der Waals surface area contributed by atoms with Gasteiger partial charge in [0.05, 0.1) is 11.8 Å². The lowest BCUT2D eigenvalue weighted by Gasteiger charge is -2.15. The van der Waals surface area contributed by atoms with Gasteiger partial charge in [-0.15, -0.1) is 0 Å². The standard InChI is InChI=1S/C10H17NO4S/c1-16(15)6-5-11-9(12)7-3-2-4-8(7)10(13)14/h7-8H,2-6H2,1H3,(H,11,12)(H,13,14). The second-order valence-electron chi connectivity index (χ2n) is 4.05. The zero-order valence-electron chi connectivity index (χ0n) is 9.27. The first-order chi connectivity index (χ1) is 7.52. The van der Waals surface area contributed by atoms with Crippen molar-refractivity contribution in [1.82, 2.24) is 5.32 Å². The van der Waals surface area contributed by atoms with Gasteiger partial charge in [-0.3, -0.25) is 13.8 Å². The quantitative estimate of drug-likeness (QED) is 0.715. The summed E-state index contributed by atoms with van der Waals surface area (Å²) in [6.45, 7) is 0.352. The van der Waals surface area contributed by atoms with Crippen LogP contribution in [0.15, 0.2) is 0 Å². The highest BCUT2D eigenvalue weighted by atomic mass is 32.2. The van der Waals surface area contributed by atoms with E-state index in [4.69, 9.17) is 5.11 Å². The van der Waals surface area contributed by atoms with Gasteiger partial charge < -0.3 is 10.4 Å². The highest BCUT2D eigenvalue weighted by Crippen LogP contribution is 2.31. The minimum atomic E-state index is -0.932. The van der Waals surface area contributed by atoms with Crippen LogP contribution in [0.2, 0.25) is 0 Å². The van der Waals surface area contributed by atoms with Gasteiger partial charge in [0.1, 0.15) is 0 Å². The molecule has 3 atom stereocenters. The average Bonchev–Trinajstić information content (AvgIpc) is 2.65. The summed E-state index contributed by atoms with van der Waals surface area (Å²) in [5.41, 5.74) is 0. The SMILES string of the molecule is CS(=O)CCNC(=O)C1CCCC1C(=O)O. The van der Waals surface area contributed by atoms with Crippen molar-refractivity contribution in [2.24, 2.45) is 11.8 Å². The number of aliphatic carboxylic acids is 1. The minimum absolute atomic E-state index is 0.213. The van der Waals surface area contributed by atoms with E-state index in [0.29, 0.717) is 25.1 Å². The molecule has 0 aromatic carbocycles. The molecule has 5 nitrogen and oxygen atoms in total. The molecule has 3 unspecified atom stereocenters. The molecule has 1 aliphatic rings. The molecular weight excluding hydrogens is 230 g/mol. The Kier molecular flexibility index (Phi) is 4.92. The third-order valence-electron chi connectivity index (χ3n) is 2.86. The van der Waals surface area contributed by atoms with Gasteiger partial charge in [-0.2, -0.15) is 0 Å². The number of carboxylic acids is 1. The van der Waals surface area contributed by atoms with Gasteiger partial charge in [0, 0.05) is 29.4 Å². The molecule has 0 radical (unpaired) electrons. The van der Waals surface area contributed by atoms with Crippen LogP contribution in [0.25, 0.3) is 0 Å². The Hall–Kier alpha value is -0.910. The van der Waals surface area contributed by atoms with Gasteiger partial charge in [-0.25, -0.2) is 0 Å². The summed E-state index contributed by atoms with van der Waals surface area (Å²) in [6.07, 6.45) is 3.57. The maximum Gasteiger partial charge on any atom is 0.307 e. The fraction of sp³-hybridized carbons (Fsp3) is 0.800. The van der Waals surface area contributed by atoms with Gasteiger partial charge in [0.15, 0.2) is 0 Å². The summed E-state index contributed by atoms with van der Waals surface area (Å²) in [5, 5.41) is 11.6. The van der Waals surface area contributed by atoms with E-state index in [-0.39, 0.29) is 5.91 Å². The second-order valence-corrected chi connectivity index (χ2v) is 5.61. The molecule has 0 spiro atoms. The van der Waals surface area contributed by atoms with E-state index < -0.39 is 28.6 Å². The van der Waals surface area contributed by atoms with E-state index in [9.17, 15) is 13.8 Å². The van der Waals surface area contributed by atoms with Crippen LogP contribution in [0.4, 0.5) is 0 Å². The van der Waals surface area contributed by atoms with E-state index in [1.54, 1.807) is 6.26 Å². The Balaban J connectivity index is 2.41. The molecule has 92 valence electrons. The predicted octanol–water partition coefficient (Wildman–Crippen LogP) is -0.0180. The summed E-state index contributed by atoms with van der Waals surface area (Å²) >= 11 is 0. The highest BCUT2D eigenvalue weighted by molar-refractivity contribution is 7.84. The molecule has 16 heavy (non-hydrogen) atoms. The van der Waals surface area contributed by atoms with Crippen molar-refractivity contribution in [1.29, 1.82) is 0 Å². The van der Waals surface area contributed by atoms with E-state index >= 15 is 0 Å². The topological polar surface area (TPSA) is 83.5 Å². The maximum atomic E-state index is 11.7. The number of hydrogen-bond donors (Lipinski definition) is 2. The Morgan fingerprint density at radius 3 is 2.56 bits per heavy atom. The summed E-state index contributed by atoms with van der Waals surface area (Å²) in [5.74, 6) is -1.65. The normalized spacial score (nSPS) is 26.3. The third-order valence-corrected chi connectivity index (χ3v) is 3.64. The molecular formula is C10H17NO4S. The molecule has 2 N–H and O–H groups in total. The molecule has 1 saturated carbocycles. The van der Waals surface area contributed by atoms with Crippen molar-refractivity contribution in [2.75, 3.05) is 18.6 Å². The lowest BCUT2D eigenvalue weighted by Crippen LogP contribution is -2.37. The molecule has 1 amide bonds. The molecule has 1 rings (SSSR count). The second kappa shape index (κ2) is 5.98. The number of rotatable bonds is 5. The van der Waals surface area contributed by atoms with Crippen LogP contribution in [0.3, 0.4) is 0 Å². The van der Waals surface area contributed by atoms with Crippen molar-refractivity contribution in [3.8, 4) is 0 Å². The summed E-state index contributed by atoms with van der Waals surface area (Å²) in [7, 11) is -0.932. The van der Waals surface area contributed by atoms with Crippen molar-refractivity contribution < 1.29 is 18.9 Å². The first kappa shape index (κ1) is 13.2. The van der Waals surface area contributed by atoms with Crippen LogP contribution in [0.1, 0.15) is 19.3 Å². The molecule has 0 bridgehead atoms. The average molecular weight is 247 g/mol. The van der Waals surface area contributed by atoms with Crippen LogP contribution in [-0.4, -0.2) is 39.7 Å². The number of carboxylic acid groups (broad SMARTS) is 1. The molecule has 0 aliphatic heterocycles. The Morgan fingerprint density at radius 1 is 1.38 bits per heavy atom. The Bertz CT molecular complexity index is 305. The van der Waals surface area contributed by atoms with Crippen LogP contribution in [0, 0.1) is 11.8 Å². The Labute approximate surface area is 97.1 Å². The van der Waals surface area contributed by atoms with Gasteiger partial charge >= 0.3 is 5.97 Å². The summed E-state index contributed by atoms with van der Waals surface area (Å²) in [4.78, 5) is 22.5.